The number of nitrogen functional groups attached to an aromatic ring is 1. The number of benzene rings is 1. The van der Waals surface area contributed by atoms with Gasteiger partial charge >= 0.3 is 0 Å². The van der Waals surface area contributed by atoms with Crippen molar-refractivity contribution in [3.8, 4) is 0 Å². The third-order valence-corrected chi connectivity index (χ3v) is 5.79. The van der Waals surface area contributed by atoms with Gasteiger partial charge in [-0.3, -0.25) is 4.79 Å². The molecule has 6 nitrogen and oxygen atoms in total. The largest absolute Gasteiger partial charge is 0.398 e. The number of carbonyl (C=O) groups excluding carboxylic acids is 1. The Kier molecular flexibility index (Phi) is 6.31. The van der Waals surface area contributed by atoms with E-state index in [1.165, 1.54) is 25.9 Å². The lowest BCUT2D eigenvalue weighted by Crippen LogP contribution is -2.38. The molecule has 0 spiro atoms. The van der Waals surface area contributed by atoms with Crippen molar-refractivity contribution in [2.24, 2.45) is 0 Å². The number of nitrogens with one attached hydrogen (secondary N) is 1. The summed E-state index contributed by atoms with van der Waals surface area (Å²) in [5.41, 5.74) is 6.41. The first-order chi connectivity index (χ1) is 9.36. The van der Waals surface area contributed by atoms with Crippen LogP contribution < -0.4 is 11.1 Å². The van der Waals surface area contributed by atoms with Gasteiger partial charge in [-0.1, -0.05) is 12.1 Å². The smallest absolute Gasteiger partial charge is 0.235 e. The Balaban J connectivity index is 2.52. The molecule has 0 unspecified atom stereocenters. The number of hydrogen-bond donors (Lipinski definition) is 2. The summed E-state index contributed by atoms with van der Waals surface area (Å²) in [4.78, 5) is 12.0. The lowest BCUT2D eigenvalue weighted by Gasteiger charge is -2.16. The SMILES string of the molecule is CNC(=O)CN(C)S(=O)(=O)CCSc1ccccc1N. The second-order valence-corrected chi connectivity index (χ2v) is 7.46. The van der Waals surface area contributed by atoms with Crippen LogP contribution in [0.3, 0.4) is 0 Å². The van der Waals surface area contributed by atoms with Crippen LogP contribution in [0.4, 0.5) is 5.69 Å². The highest BCUT2D eigenvalue weighted by molar-refractivity contribution is 8.00. The van der Waals surface area contributed by atoms with Gasteiger partial charge < -0.3 is 11.1 Å². The zero-order chi connectivity index (χ0) is 15.2. The third-order valence-electron chi connectivity index (χ3n) is 2.64. The number of para-hydroxylation sites is 1. The summed E-state index contributed by atoms with van der Waals surface area (Å²) in [5.74, 6) is 0.00439. The molecule has 0 atom stereocenters. The topological polar surface area (TPSA) is 92.5 Å². The molecule has 1 aromatic carbocycles. The second kappa shape index (κ2) is 7.51. The van der Waals surface area contributed by atoms with E-state index in [1.807, 2.05) is 18.2 Å². The molecule has 3 N–H and O–H groups in total. The van der Waals surface area contributed by atoms with Crippen LogP contribution in [-0.2, 0) is 14.8 Å². The fraction of sp³-hybridized carbons (Fsp3) is 0.417. The van der Waals surface area contributed by atoms with Gasteiger partial charge in [0.25, 0.3) is 0 Å². The standard InChI is InChI=1S/C12H19N3O3S2/c1-14-12(16)9-15(2)20(17,18)8-7-19-11-6-4-3-5-10(11)13/h3-6H,7-9,13H2,1-2H3,(H,14,16). The normalized spacial score (nSPS) is 11.6. The molecule has 1 aromatic rings. The number of hydrogen-bond acceptors (Lipinski definition) is 5. The molecule has 0 aromatic heterocycles. The number of carbonyl (C=O) groups is 1. The summed E-state index contributed by atoms with van der Waals surface area (Å²) in [6.45, 7) is -0.170. The number of rotatable bonds is 7. The summed E-state index contributed by atoms with van der Waals surface area (Å²) < 4.78 is 25.0. The lowest BCUT2D eigenvalue weighted by molar-refractivity contribution is -0.120. The van der Waals surface area contributed by atoms with Crippen LogP contribution in [-0.4, -0.2) is 50.8 Å². The second-order valence-electron chi connectivity index (χ2n) is 4.13. The van der Waals surface area contributed by atoms with E-state index in [4.69, 9.17) is 5.73 Å². The summed E-state index contributed by atoms with van der Waals surface area (Å²) in [6, 6.07) is 7.30. The number of nitrogens with zero attached hydrogens (tertiary/aromatic N) is 1. The maximum absolute atomic E-state index is 12.0. The first kappa shape index (κ1) is 16.8. The van der Waals surface area contributed by atoms with Gasteiger partial charge in [0.15, 0.2) is 0 Å². The summed E-state index contributed by atoms with van der Waals surface area (Å²) >= 11 is 1.38. The monoisotopic (exact) mass is 317 g/mol. The molecule has 0 aliphatic rings. The van der Waals surface area contributed by atoms with Crippen molar-refractivity contribution in [3.63, 3.8) is 0 Å². The molecule has 0 aliphatic heterocycles. The number of nitrogens with two attached hydrogens (primary N) is 1. The zero-order valence-corrected chi connectivity index (χ0v) is 13.1. The van der Waals surface area contributed by atoms with Gasteiger partial charge in [-0.05, 0) is 12.1 Å². The number of sulfonamides is 1. The van der Waals surface area contributed by atoms with E-state index in [-0.39, 0.29) is 18.2 Å². The van der Waals surface area contributed by atoms with Gasteiger partial charge in [-0.25, -0.2) is 8.42 Å². The Morgan fingerprint density at radius 1 is 1.40 bits per heavy atom. The van der Waals surface area contributed by atoms with Gasteiger partial charge in [0.1, 0.15) is 0 Å². The molecule has 8 heteroatoms. The molecule has 0 saturated heterocycles. The van der Waals surface area contributed by atoms with Crippen molar-refractivity contribution < 1.29 is 13.2 Å². The van der Waals surface area contributed by atoms with Crippen LogP contribution in [0.1, 0.15) is 0 Å². The average Bonchev–Trinajstić information content (AvgIpc) is 2.40. The molecule has 0 bridgehead atoms. The van der Waals surface area contributed by atoms with E-state index in [0.717, 1.165) is 9.20 Å². The van der Waals surface area contributed by atoms with Crippen LogP contribution in [0, 0.1) is 0 Å². The minimum Gasteiger partial charge on any atom is -0.398 e. The highest BCUT2D eigenvalue weighted by Crippen LogP contribution is 2.24. The Morgan fingerprint density at radius 3 is 2.65 bits per heavy atom. The molecule has 1 amide bonds. The zero-order valence-electron chi connectivity index (χ0n) is 11.5. The molecule has 112 valence electrons. The predicted octanol–water partition coefficient (Wildman–Crippen LogP) is 0.368. The average molecular weight is 317 g/mol. The number of amides is 1. The number of anilines is 1. The lowest BCUT2D eigenvalue weighted by atomic mass is 10.3. The van der Waals surface area contributed by atoms with Crippen LogP contribution in [0.5, 0.6) is 0 Å². The van der Waals surface area contributed by atoms with Crippen LogP contribution in [0.15, 0.2) is 29.2 Å². The minimum atomic E-state index is -3.44. The first-order valence-electron chi connectivity index (χ1n) is 5.98. The number of thioether (sulfide) groups is 1. The number of likely N-dealkylation sites (N-methyl/N-ethyl adjacent to an activating group) is 2. The van der Waals surface area contributed by atoms with Gasteiger partial charge in [0, 0.05) is 30.4 Å². The van der Waals surface area contributed by atoms with Crippen molar-refractivity contribution in [1.29, 1.82) is 0 Å². The minimum absolute atomic E-state index is 0.0422. The van der Waals surface area contributed by atoms with E-state index in [2.05, 4.69) is 5.32 Å². The van der Waals surface area contributed by atoms with E-state index < -0.39 is 10.0 Å². The Labute approximate surface area is 123 Å². The van der Waals surface area contributed by atoms with Crippen molar-refractivity contribution in [2.45, 2.75) is 4.90 Å². The highest BCUT2D eigenvalue weighted by Gasteiger charge is 2.19. The first-order valence-corrected chi connectivity index (χ1v) is 8.58. The Morgan fingerprint density at radius 2 is 2.05 bits per heavy atom. The predicted molar refractivity (Wildman–Crippen MR) is 82.1 cm³/mol. The molecule has 0 saturated carbocycles. The molecule has 20 heavy (non-hydrogen) atoms. The van der Waals surface area contributed by atoms with Gasteiger partial charge in [0.2, 0.25) is 15.9 Å². The maximum atomic E-state index is 12.0. The molecule has 0 aliphatic carbocycles. The van der Waals surface area contributed by atoms with Crippen LogP contribution in [0.2, 0.25) is 0 Å². The molecular weight excluding hydrogens is 298 g/mol. The van der Waals surface area contributed by atoms with Crippen molar-refractivity contribution in [3.05, 3.63) is 24.3 Å². The van der Waals surface area contributed by atoms with E-state index in [0.29, 0.717) is 11.4 Å². The molecule has 0 fully saturated rings. The van der Waals surface area contributed by atoms with E-state index >= 15 is 0 Å². The van der Waals surface area contributed by atoms with E-state index in [9.17, 15) is 13.2 Å². The van der Waals surface area contributed by atoms with Crippen molar-refractivity contribution in [2.75, 3.05) is 37.9 Å². The van der Waals surface area contributed by atoms with Gasteiger partial charge in [-0.2, -0.15) is 4.31 Å². The summed E-state index contributed by atoms with van der Waals surface area (Å²) in [7, 11) is -0.574. The molecule has 0 radical (unpaired) electrons. The van der Waals surface area contributed by atoms with Crippen molar-refractivity contribution >= 4 is 33.4 Å². The van der Waals surface area contributed by atoms with E-state index in [1.54, 1.807) is 6.07 Å². The molecular formula is C12H19N3O3S2. The van der Waals surface area contributed by atoms with Crippen LogP contribution >= 0.6 is 11.8 Å². The summed E-state index contributed by atoms with van der Waals surface area (Å²) in [6.07, 6.45) is 0. The Hall–Kier alpha value is -1.25. The third kappa shape index (κ3) is 5.03. The maximum Gasteiger partial charge on any atom is 0.235 e. The fourth-order valence-electron chi connectivity index (χ4n) is 1.40. The molecule has 0 heterocycles. The highest BCUT2D eigenvalue weighted by atomic mass is 32.2. The van der Waals surface area contributed by atoms with Crippen LogP contribution in [0.25, 0.3) is 0 Å². The molecule has 1 rings (SSSR count). The Bertz CT molecular complexity index is 561. The summed E-state index contributed by atoms with van der Waals surface area (Å²) in [5, 5.41) is 2.39. The van der Waals surface area contributed by atoms with Gasteiger partial charge in [-0.15, -0.1) is 11.8 Å². The fourth-order valence-corrected chi connectivity index (χ4v) is 3.84. The quantitative estimate of drug-likeness (QED) is 0.560. The van der Waals surface area contributed by atoms with Crippen molar-refractivity contribution in [1.82, 2.24) is 9.62 Å². The van der Waals surface area contributed by atoms with Gasteiger partial charge in [0.05, 0.1) is 12.3 Å².